The molecule has 2 N–H and O–H groups in total. The van der Waals surface area contributed by atoms with Gasteiger partial charge in [0.25, 0.3) is 5.91 Å². The van der Waals surface area contributed by atoms with E-state index in [0.717, 1.165) is 47.6 Å². The van der Waals surface area contributed by atoms with Crippen LogP contribution in [-0.4, -0.2) is 63.2 Å². The van der Waals surface area contributed by atoms with Crippen molar-refractivity contribution in [3.05, 3.63) is 68.4 Å². The fraction of sp³-hybridized carbons (Fsp3) is 0.688. The van der Waals surface area contributed by atoms with Gasteiger partial charge in [-0.3, -0.25) is 14.4 Å². The van der Waals surface area contributed by atoms with E-state index in [4.69, 9.17) is 4.74 Å². The van der Waals surface area contributed by atoms with Crippen molar-refractivity contribution in [2.75, 3.05) is 13.1 Å². The SMILES string of the molecule is CC1=CCC[C@@]2(C)[C@@H](CC[C@@]2(O)CN(C[C@@H]2CC[C@H]3C[C@@H]2C3(C)C)C(=O)[C@@]23CC[C@@](C)(C(=O)O2)C3(C)C)c2ccc(cc2C(=O)c2ccc(C)s2)C[C@@H](O)CC1. The largest absolute Gasteiger partial charge is 0.448 e. The molecular formula is C48H65NO6S. The van der Waals surface area contributed by atoms with Gasteiger partial charge in [-0.05, 0) is 156 Å². The fourth-order valence-electron chi connectivity index (χ4n) is 12.9. The number of thiophene rings is 1. The number of carbonyl (C=O) groups excluding carboxylic acids is 3. The zero-order valence-electron chi connectivity index (χ0n) is 35.1. The summed E-state index contributed by atoms with van der Waals surface area (Å²) in [6.07, 6.45) is 10.7. The summed E-state index contributed by atoms with van der Waals surface area (Å²) in [4.78, 5) is 47.2. The maximum absolute atomic E-state index is 15.5. The van der Waals surface area contributed by atoms with E-state index in [0.29, 0.717) is 73.8 Å². The summed E-state index contributed by atoms with van der Waals surface area (Å²) in [5.74, 6) is 0.970. The van der Waals surface area contributed by atoms with Gasteiger partial charge >= 0.3 is 5.97 Å². The molecule has 0 spiro atoms. The molecule has 1 aromatic carbocycles. The first-order chi connectivity index (χ1) is 26.3. The van der Waals surface area contributed by atoms with Gasteiger partial charge in [0.1, 0.15) is 0 Å². The van der Waals surface area contributed by atoms with Crippen LogP contribution in [0, 0.1) is 46.3 Å². The van der Waals surface area contributed by atoms with Crippen molar-refractivity contribution in [3.8, 4) is 0 Å². The summed E-state index contributed by atoms with van der Waals surface area (Å²) in [5.41, 5.74) is -0.651. The number of hydrogen-bond donors (Lipinski definition) is 2. The quantitative estimate of drug-likeness (QED) is 0.165. The second-order valence-corrected chi connectivity index (χ2v) is 22.0. The third-order valence-corrected chi connectivity index (χ3v) is 18.5. The molecule has 9 atom stereocenters. The number of ketones is 1. The number of amides is 1. The minimum atomic E-state index is -1.27. The van der Waals surface area contributed by atoms with Crippen molar-refractivity contribution >= 4 is 29.0 Å². The topological polar surface area (TPSA) is 104 Å². The molecule has 0 unspecified atom stereocenters. The van der Waals surface area contributed by atoms with Crippen LogP contribution in [0.25, 0.3) is 0 Å². The van der Waals surface area contributed by atoms with Crippen LogP contribution in [0.3, 0.4) is 0 Å². The van der Waals surface area contributed by atoms with E-state index >= 15 is 4.79 Å². The molecule has 2 heterocycles. The third-order valence-electron chi connectivity index (χ3n) is 17.5. The van der Waals surface area contributed by atoms with E-state index in [-0.39, 0.29) is 35.5 Å². The number of hydrogen-bond acceptors (Lipinski definition) is 7. The van der Waals surface area contributed by atoms with Gasteiger partial charge < -0.3 is 19.8 Å². The molecule has 8 aliphatic rings. The van der Waals surface area contributed by atoms with Crippen LogP contribution in [0.4, 0.5) is 0 Å². The van der Waals surface area contributed by atoms with Crippen molar-refractivity contribution in [2.24, 2.45) is 39.4 Å². The molecule has 1 saturated heterocycles. The number of ether oxygens (including phenoxy) is 1. The number of fused-ring (bicyclic) bond motifs is 12. The van der Waals surface area contributed by atoms with Crippen molar-refractivity contribution in [1.29, 1.82) is 0 Å². The first-order valence-corrected chi connectivity index (χ1v) is 22.4. The third kappa shape index (κ3) is 5.87. The summed E-state index contributed by atoms with van der Waals surface area (Å²) in [7, 11) is 0. The lowest BCUT2D eigenvalue weighted by Crippen LogP contribution is -2.62. The smallest absolute Gasteiger partial charge is 0.313 e. The van der Waals surface area contributed by atoms with Crippen LogP contribution in [0.1, 0.15) is 156 Å². The maximum Gasteiger partial charge on any atom is 0.313 e. The molecule has 7 nitrogen and oxygen atoms in total. The highest BCUT2D eigenvalue weighted by molar-refractivity contribution is 7.14. The summed E-state index contributed by atoms with van der Waals surface area (Å²) in [6.45, 7) is 17.9. The van der Waals surface area contributed by atoms with Gasteiger partial charge in [-0.25, -0.2) is 0 Å². The van der Waals surface area contributed by atoms with Gasteiger partial charge in [0.05, 0.1) is 28.5 Å². The Bertz CT molecular complexity index is 1960. The van der Waals surface area contributed by atoms with Gasteiger partial charge in [-0.1, -0.05) is 58.4 Å². The number of aliphatic hydroxyl groups is 2. The maximum atomic E-state index is 15.5. The molecule has 10 rings (SSSR count). The predicted molar refractivity (Wildman–Crippen MR) is 221 cm³/mol. The van der Waals surface area contributed by atoms with Crippen molar-refractivity contribution in [1.82, 2.24) is 4.90 Å². The lowest BCUT2D eigenvalue weighted by atomic mass is 9.45. The molecule has 1 amide bonds. The van der Waals surface area contributed by atoms with Crippen LogP contribution in [0.2, 0.25) is 0 Å². The van der Waals surface area contributed by atoms with Gasteiger partial charge in [0.15, 0.2) is 5.60 Å². The van der Waals surface area contributed by atoms with Crippen LogP contribution in [-0.2, 0) is 20.7 Å². The highest BCUT2D eigenvalue weighted by Gasteiger charge is 2.76. The molecule has 6 fully saturated rings. The van der Waals surface area contributed by atoms with E-state index in [1.807, 2.05) is 50.8 Å². The van der Waals surface area contributed by atoms with Crippen molar-refractivity contribution in [3.63, 3.8) is 0 Å². The molecule has 1 aliphatic heterocycles. The molecule has 2 aromatic rings. The van der Waals surface area contributed by atoms with Crippen molar-refractivity contribution < 1.29 is 29.3 Å². The van der Waals surface area contributed by atoms with Crippen LogP contribution < -0.4 is 0 Å². The standard InChI is InChI=1S/C48H65NO6S/c1-29-10-9-20-45(7)37(35-17-13-31(24-34(50)16-11-29)25-36(35)40(51)39-18-12-30(2)56-39)19-21-47(45,54)28-49(27-32-14-15-33-26-38(32)43(33,3)4)41(52)48-23-22-46(8,42(53)55-48)44(48,5)6/h10,12-13,17-18,25,32-34,37-38,50,54H,9,11,14-16,19-24,26-28H2,1-8H3/t32-,33-,34-,37-,38-,45-,46-,47+,48+/m0/s1. The van der Waals surface area contributed by atoms with E-state index in [1.165, 1.54) is 23.3 Å². The molecule has 56 heavy (non-hydrogen) atoms. The molecule has 1 aromatic heterocycles. The number of aryl methyl sites for hydroxylation is 1. The van der Waals surface area contributed by atoms with E-state index in [2.05, 4.69) is 45.9 Å². The molecule has 6 bridgehead atoms. The molecule has 304 valence electrons. The Hall–Kier alpha value is -2.81. The highest BCUT2D eigenvalue weighted by atomic mass is 32.1. The number of aliphatic hydroxyl groups excluding tert-OH is 1. The summed E-state index contributed by atoms with van der Waals surface area (Å²) < 4.78 is 6.27. The van der Waals surface area contributed by atoms with E-state index in [9.17, 15) is 19.8 Å². The zero-order valence-corrected chi connectivity index (χ0v) is 35.9. The van der Waals surface area contributed by atoms with Crippen LogP contribution in [0.5, 0.6) is 0 Å². The Labute approximate surface area is 338 Å². The van der Waals surface area contributed by atoms with Gasteiger partial charge in [-0.15, -0.1) is 11.3 Å². The average Bonchev–Trinajstić information content (AvgIpc) is 3.80. The predicted octanol–water partition coefficient (Wildman–Crippen LogP) is 9.35. The Morgan fingerprint density at radius 3 is 2.36 bits per heavy atom. The molecule has 0 radical (unpaired) electrons. The molecule has 7 aliphatic carbocycles. The highest BCUT2D eigenvalue weighted by Crippen LogP contribution is 2.67. The number of allylic oxidation sites excluding steroid dienone is 2. The minimum absolute atomic E-state index is 0.0146. The summed E-state index contributed by atoms with van der Waals surface area (Å²) in [6, 6.07) is 10.1. The second kappa shape index (κ2) is 13.6. The normalized spacial score (nSPS) is 38.3. The number of esters is 1. The fourth-order valence-corrected chi connectivity index (χ4v) is 13.7. The van der Waals surface area contributed by atoms with Crippen molar-refractivity contribution in [2.45, 2.75) is 156 Å². The number of rotatable bonds is 7. The zero-order chi connectivity index (χ0) is 40.2. The Morgan fingerprint density at radius 2 is 1.71 bits per heavy atom. The molecular weight excluding hydrogens is 719 g/mol. The first-order valence-electron chi connectivity index (χ1n) is 21.6. The molecule has 8 heteroatoms. The minimum Gasteiger partial charge on any atom is -0.448 e. The lowest BCUT2D eigenvalue weighted by Gasteiger charge is -2.61. The summed E-state index contributed by atoms with van der Waals surface area (Å²) >= 11 is 1.50. The number of nitrogens with zero attached hydrogens (tertiary/aromatic N) is 1. The summed E-state index contributed by atoms with van der Waals surface area (Å²) in [5, 5.41) is 24.5. The van der Waals surface area contributed by atoms with E-state index in [1.54, 1.807) is 0 Å². The average molecular weight is 784 g/mol. The number of carbonyl (C=O) groups is 3. The van der Waals surface area contributed by atoms with Gasteiger partial charge in [0.2, 0.25) is 5.78 Å². The number of benzene rings is 1. The lowest BCUT2D eigenvalue weighted by molar-refractivity contribution is -0.181. The Morgan fingerprint density at radius 1 is 0.946 bits per heavy atom. The second-order valence-electron chi connectivity index (χ2n) is 20.7. The van der Waals surface area contributed by atoms with Gasteiger partial charge in [0, 0.05) is 27.8 Å². The Balaban J connectivity index is 1.21. The molecule has 5 saturated carbocycles. The van der Waals surface area contributed by atoms with Crippen LogP contribution >= 0.6 is 11.3 Å². The van der Waals surface area contributed by atoms with Gasteiger partial charge in [-0.2, -0.15) is 0 Å². The van der Waals surface area contributed by atoms with E-state index < -0.39 is 33.6 Å². The van der Waals surface area contributed by atoms with Crippen LogP contribution in [0.15, 0.2) is 42.0 Å². The monoisotopic (exact) mass is 783 g/mol. The Kier molecular flexibility index (Phi) is 9.73. The first kappa shape index (κ1) is 40.0.